The molecule has 2 aliphatic heterocycles. The Kier molecular flexibility index (Phi) is 9.45. The molecule has 2 aromatic carbocycles. The molecule has 0 spiro atoms. The number of halogens is 7. The van der Waals surface area contributed by atoms with Gasteiger partial charge < -0.3 is 20.1 Å². The number of hydrogen-bond acceptors (Lipinski definition) is 6. The number of ether oxygens (including phenoxy) is 1. The molecule has 0 saturated carbocycles. The summed E-state index contributed by atoms with van der Waals surface area (Å²) in [5.74, 6) is -1.31. The molecule has 0 unspecified atom stereocenters. The minimum Gasteiger partial charge on any atom is -0.395 e. The Hall–Kier alpha value is -3.59. The highest BCUT2D eigenvalue weighted by Crippen LogP contribution is 2.42. The van der Waals surface area contributed by atoms with E-state index in [1.54, 1.807) is 13.0 Å². The predicted octanol–water partition coefficient (Wildman–Crippen LogP) is 6.23. The maximum atomic E-state index is 14.2. The molecule has 0 radical (unpaired) electrons. The van der Waals surface area contributed by atoms with E-state index in [4.69, 9.17) is 4.74 Å². The first-order valence-corrected chi connectivity index (χ1v) is 15.0. The van der Waals surface area contributed by atoms with Crippen LogP contribution in [0, 0.1) is 12.7 Å². The zero-order chi connectivity index (χ0) is 34.5. The molecule has 5 rings (SSSR count). The van der Waals surface area contributed by atoms with Gasteiger partial charge in [0.05, 0.1) is 59.5 Å². The van der Waals surface area contributed by atoms with Crippen molar-refractivity contribution in [1.82, 2.24) is 15.2 Å². The van der Waals surface area contributed by atoms with Gasteiger partial charge in [0.25, 0.3) is 0 Å². The van der Waals surface area contributed by atoms with Gasteiger partial charge in [-0.2, -0.15) is 26.3 Å². The number of aliphatic hydroxyl groups is 1. The monoisotopic (exact) mass is 668 g/mol. The van der Waals surface area contributed by atoms with Crippen molar-refractivity contribution in [3.63, 3.8) is 0 Å². The lowest BCUT2D eigenvalue weighted by Gasteiger charge is -2.48. The van der Waals surface area contributed by atoms with E-state index in [-0.39, 0.29) is 24.4 Å². The summed E-state index contributed by atoms with van der Waals surface area (Å²) in [5.41, 5.74) is -3.23. The molecule has 2 N–H and O–H groups in total. The lowest BCUT2D eigenvalue weighted by molar-refractivity contribution is -0.143. The number of rotatable bonds is 6. The van der Waals surface area contributed by atoms with Gasteiger partial charge in [0.15, 0.2) is 0 Å². The van der Waals surface area contributed by atoms with E-state index < -0.39 is 58.3 Å². The number of hydrogen-bond donors (Lipinski definition) is 2. The fourth-order valence-electron chi connectivity index (χ4n) is 6.36. The molecule has 14 heteroatoms. The normalized spacial score (nSPS) is 21.0. The smallest absolute Gasteiger partial charge is 0.395 e. The molecule has 2 saturated heterocycles. The Bertz CT molecular complexity index is 1610. The predicted molar refractivity (Wildman–Crippen MR) is 160 cm³/mol. The molecule has 1 aromatic heterocycles. The Labute approximate surface area is 267 Å². The second-order valence-electron chi connectivity index (χ2n) is 12.5. The van der Waals surface area contributed by atoms with E-state index in [9.17, 15) is 40.6 Å². The molecule has 3 aromatic rings. The Morgan fingerprint density at radius 1 is 1.02 bits per heavy atom. The molecule has 47 heavy (non-hydrogen) atoms. The van der Waals surface area contributed by atoms with Crippen molar-refractivity contribution in [1.29, 1.82) is 0 Å². The zero-order valence-corrected chi connectivity index (χ0v) is 26.1. The minimum absolute atomic E-state index is 0.0174. The maximum absolute atomic E-state index is 14.2. The third-order valence-corrected chi connectivity index (χ3v) is 9.05. The molecule has 7 nitrogen and oxygen atoms in total. The van der Waals surface area contributed by atoms with Crippen molar-refractivity contribution < 1.29 is 45.4 Å². The summed E-state index contributed by atoms with van der Waals surface area (Å²) in [5, 5.41) is 13.6. The lowest BCUT2D eigenvalue weighted by Crippen LogP contribution is -2.61. The minimum atomic E-state index is -5.09. The van der Waals surface area contributed by atoms with Crippen molar-refractivity contribution in [2.45, 2.75) is 63.1 Å². The number of aliphatic hydroxyl groups excluding tert-OH is 1. The molecular weight excluding hydrogens is 633 g/mol. The topological polar surface area (TPSA) is 77.9 Å². The molecule has 0 aliphatic carbocycles. The third kappa shape index (κ3) is 6.87. The fraction of sp³-hybridized carbons (Fsp3) is 0.455. The highest BCUT2D eigenvalue weighted by molar-refractivity contribution is 6.03. The van der Waals surface area contributed by atoms with Crippen LogP contribution in [0.1, 0.15) is 54.3 Å². The number of pyridine rings is 1. The number of carbonyl (C=O) groups excluding carboxylic acids is 1. The summed E-state index contributed by atoms with van der Waals surface area (Å²) in [4.78, 5) is 22.0. The molecule has 254 valence electrons. The van der Waals surface area contributed by atoms with E-state index in [2.05, 4.69) is 15.2 Å². The van der Waals surface area contributed by atoms with Gasteiger partial charge in [-0.3, -0.25) is 14.7 Å². The number of aromatic nitrogens is 1. The van der Waals surface area contributed by atoms with Crippen LogP contribution >= 0.6 is 0 Å². The zero-order valence-electron chi connectivity index (χ0n) is 26.1. The number of piperazine rings is 1. The van der Waals surface area contributed by atoms with Gasteiger partial charge in [0.2, 0.25) is 5.91 Å². The van der Waals surface area contributed by atoms with Crippen LogP contribution < -0.4 is 10.2 Å². The first-order chi connectivity index (χ1) is 21.9. The molecule has 3 atom stereocenters. The number of nitrogens with zero attached hydrogens (tertiary/aromatic N) is 3. The van der Waals surface area contributed by atoms with Gasteiger partial charge in [-0.15, -0.1) is 0 Å². The quantitative estimate of drug-likeness (QED) is 0.304. The van der Waals surface area contributed by atoms with Crippen LogP contribution in [0.15, 0.2) is 48.7 Å². The van der Waals surface area contributed by atoms with Crippen LogP contribution in [0.5, 0.6) is 0 Å². The van der Waals surface area contributed by atoms with Gasteiger partial charge in [-0.1, -0.05) is 6.07 Å². The molecule has 0 bridgehead atoms. The first kappa shape index (κ1) is 34.7. The Morgan fingerprint density at radius 3 is 2.26 bits per heavy atom. The van der Waals surface area contributed by atoms with E-state index in [0.717, 1.165) is 11.3 Å². The van der Waals surface area contributed by atoms with Gasteiger partial charge in [-0.25, -0.2) is 4.39 Å². The van der Waals surface area contributed by atoms with Crippen LogP contribution in [0.4, 0.5) is 36.4 Å². The average Bonchev–Trinajstić information content (AvgIpc) is 3.02. The van der Waals surface area contributed by atoms with Crippen molar-refractivity contribution in [2.24, 2.45) is 0 Å². The molecule has 1 amide bonds. The standard InChI is InChI=1S/C33H35F7N4O3/c1-18-9-22(34)5-6-24(18)25-13-26(29-27(16-45)41-14-23-7-8-47-17-44(23)29)42-15-28(25)43(4)30(46)31(2,3)19-10-20(32(35,36)37)12-21(11-19)33(38,39)40/h5-6,9-13,15,23,27,29,41,45H,7-8,14,16-17H2,1-4H3/t23-,27+,29+/m0/s1. The number of nitrogens with one attached hydrogen (secondary N) is 1. The van der Waals surface area contributed by atoms with Crippen molar-refractivity contribution >= 4 is 11.6 Å². The maximum Gasteiger partial charge on any atom is 0.416 e. The second-order valence-corrected chi connectivity index (χ2v) is 12.5. The van der Waals surface area contributed by atoms with Gasteiger partial charge in [0, 0.05) is 31.8 Å². The van der Waals surface area contributed by atoms with Crippen LogP contribution in [-0.4, -0.2) is 66.5 Å². The van der Waals surface area contributed by atoms with Crippen LogP contribution in [0.3, 0.4) is 0 Å². The van der Waals surface area contributed by atoms with E-state index in [1.165, 1.54) is 45.3 Å². The van der Waals surface area contributed by atoms with Crippen molar-refractivity contribution in [3.8, 4) is 11.1 Å². The van der Waals surface area contributed by atoms with E-state index in [1.807, 2.05) is 0 Å². The lowest BCUT2D eigenvalue weighted by atomic mass is 9.81. The average molecular weight is 669 g/mol. The fourth-order valence-corrected chi connectivity index (χ4v) is 6.36. The van der Waals surface area contributed by atoms with E-state index in [0.29, 0.717) is 54.4 Å². The number of amides is 1. The summed E-state index contributed by atoms with van der Waals surface area (Å²) < 4.78 is 102. The summed E-state index contributed by atoms with van der Waals surface area (Å²) in [6.07, 6.45) is -8.03. The highest BCUT2D eigenvalue weighted by Gasteiger charge is 2.43. The number of carbonyl (C=O) groups is 1. The van der Waals surface area contributed by atoms with Crippen molar-refractivity contribution in [3.05, 3.63) is 82.4 Å². The summed E-state index contributed by atoms with van der Waals surface area (Å²) in [6.45, 7) is 5.46. The molecule has 2 fully saturated rings. The number of anilines is 1. The summed E-state index contributed by atoms with van der Waals surface area (Å²) in [6, 6.07) is 6.14. The molecule has 2 aliphatic rings. The van der Waals surface area contributed by atoms with Gasteiger partial charge in [-0.05, 0) is 80.3 Å². The SMILES string of the molecule is Cc1cc(F)ccc1-c1cc([C@@H]2[C@@H](CO)NC[C@@H]3CCOCN32)ncc1N(C)C(=O)C(C)(C)c1cc(C(F)(F)F)cc(C(F)(F)F)c1. The van der Waals surface area contributed by atoms with Crippen molar-refractivity contribution in [2.75, 3.05) is 38.4 Å². The summed E-state index contributed by atoms with van der Waals surface area (Å²) in [7, 11) is 1.36. The van der Waals surface area contributed by atoms with Crippen LogP contribution in [0.2, 0.25) is 0 Å². The molecular formula is C33H35F7N4O3. The number of aryl methyl sites for hydroxylation is 1. The first-order valence-electron chi connectivity index (χ1n) is 15.0. The van der Waals surface area contributed by atoms with Gasteiger partial charge in [0.1, 0.15) is 5.82 Å². The highest BCUT2D eigenvalue weighted by atomic mass is 19.4. The number of fused-ring (bicyclic) bond motifs is 1. The number of alkyl halides is 6. The van der Waals surface area contributed by atoms with Crippen LogP contribution in [0.25, 0.3) is 11.1 Å². The number of benzene rings is 2. The number of likely N-dealkylation sites (N-methyl/N-ethyl adjacent to an activating group) is 1. The molecule has 3 heterocycles. The van der Waals surface area contributed by atoms with Gasteiger partial charge >= 0.3 is 12.4 Å². The van der Waals surface area contributed by atoms with E-state index >= 15 is 0 Å². The van der Waals surface area contributed by atoms with Crippen LogP contribution in [-0.2, 0) is 27.3 Å². The second kappa shape index (κ2) is 12.8. The third-order valence-electron chi connectivity index (χ3n) is 9.05. The Morgan fingerprint density at radius 2 is 1.66 bits per heavy atom. The largest absolute Gasteiger partial charge is 0.416 e. The summed E-state index contributed by atoms with van der Waals surface area (Å²) >= 11 is 0. The Balaban J connectivity index is 1.62.